The first-order valence-corrected chi connectivity index (χ1v) is 14.2. The van der Waals surface area contributed by atoms with Gasteiger partial charge in [0.25, 0.3) is 0 Å². The van der Waals surface area contributed by atoms with Crippen LogP contribution in [0.2, 0.25) is 0 Å². The summed E-state index contributed by atoms with van der Waals surface area (Å²) in [5.41, 5.74) is -0.126. The third kappa shape index (κ3) is 8.54. The van der Waals surface area contributed by atoms with Crippen molar-refractivity contribution in [2.45, 2.75) is 45.8 Å². The molecule has 0 radical (unpaired) electrons. The van der Waals surface area contributed by atoms with Crippen molar-refractivity contribution in [2.75, 3.05) is 17.1 Å². The molecule has 1 unspecified atom stereocenters. The van der Waals surface area contributed by atoms with Gasteiger partial charge in [0.15, 0.2) is 0 Å². The quantitative estimate of drug-likeness (QED) is 0.391. The third-order valence-electron chi connectivity index (χ3n) is 5.75. The average molecular weight is 556 g/mol. The Kier molecular flexibility index (Phi) is 9.34. The Labute approximate surface area is 229 Å². The van der Waals surface area contributed by atoms with Gasteiger partial charge < -0.3 is 15.0 Å². The number of halogens is 1. The van der Waals surface area contributed by atoms with E-state index in [1.165, 1.54) is 42.2 Å². The van der Waals surface area contributed by atoms with E-state index in [1.54, 1.807) is 51.1 Å². The van der Waals surface area contributed by atoms with E-state index in [0.717, 1.165) is 10.6 Å². The number of nitrogens with one attached hydrogen (secondary N) is 1. The summed E-state index contributed by atoms with van der Waals surface area (Å²) in [4.78, 5) is 27.8. The Morgan fingerprint density at radius 1 is 0.923 bits per heavy atom. The molecule has 0 fully saturated rings. The maximum Gasteiger partial charge on any atom is 0.244 e. The molecular weight excluding hydrogens is 521 g/mol. The lowest BCUT2D eigenvalue weighted by Crippen LogP contribution is -2.54. The molecule has 3 aromatic rings. The molecule has 10 heteroatoms. The number of benzene rings is 3. The molecule has 0 saturated heterocycles. The molecule has 39 heavy (non-hydrogen) atoms. The van der Waals surface area contributed by atoms with Gasteiger partial charge in [-0.2, -0.15) is 0 Å². The molecule has 1 atom stereocenters. The van der Waals surface area contributed by atoms with Gasteiger partial charge in [-0.05, 0) is 70.2 Å². The predicted molar refractivity (Wildman–Crippen MR) is 149 cm³/mol. The van der Waals surface area contributed by atoms with Gasteiger partial charge >= 0.3 is 0 Å². The Morgan fingerprint density at radius 3 is 2.05 bits per heavy atom. The number of amides is 2. The smallest absolute Gasteiger partial charge is 0.244 e. The highest BCUT2D eigenvalue weighted by molar-refractivity contribution is 7.92. The minimum Gasteiger partial charge on any atom is -0.457 e. The Hall–Kier alpha value is -3.92. The maximum atomic E-state index is 14.5. The normalized spacial score (nSPS) is 12.4. The maximum absolute atomic E-state index is 14.5. The molecule has 8 nitrogen and oxygen atoms in total. The first kappa shape index (κ1) is 29.6. The zero-order valence-electron chi connectivity index (χ0n) is 22.7. The molecule has 0 aliphatic carbocycles. The lowest BCUT2D eigenvalue weighted by molar-refractivity contribution is -0.140. The molecule has 1 N–H and O–H groups in total. The third-order valence-corrected chi connectivity index (χ3v) is 6.89. The monoisotopic (exact) mass is 555 g/mol. The zero-order valence-corrected chi connectivity index (χ0v) is 23.5. The average Bonchev–Trinajstić information content (AvgIpc) is 2.86. The molecule has 208 valence electrons. The van der Waals surface area contributed by atoms with E-state index in [1.807, 2.05) is 18.2 Å². The minimum absolute atomic E-state index is 0.203. The van der Waals surface area contributed by atoms with Crippen molar-refractivity contribution in [3.05, 3.63) is 90.2 Å². The van der Waals surface area contributed by atoms with Crippen LogP contribution in [0.4, 0.5) is 10.1 Å². The number of nitrogens with zero attached hydrogens (tertiary/aromatic N) is 2. The molecule has 0 aliphatic heterocycles. The second-order valence-corrected chi connectivity index (χ2v) is 12.1. The van der Waals surface area contributed by atoms with Crippen LogP contribution in [0.15, 0.2) is 78.9 Å². The molecule has 0 aliphatic rings. The summed E-state index contributed by atoms with van der Waals surface area (Å²) in [5.74, 6) is -0.539. The number of anilines is 1. The SMILES string of the molecule is CC(C(=O)NC(C)(C)C)N(Cc1ccccc1F)C(=O)CN(c1ccc(Oc2ccccc2)cc1)S(C)(=O)=O. The fraction of sp³-hybridized carbons (Fsp3) is 0.310. The van der Waals surface area contributed by atoms with Crippen molar-refractivity contribution < 1.29 is 27.1 Å². The van der Waals surface area contributed by atoms with E-state index in [9.17, 15) is 22.4 Å². The van der Waals surface area contributed by atoms with Gasteiger partial charge in [0.1, 0.15) is 29.9 Å². The summed E-state index contributed by atoms with van der Waals surface area (Å²) in [7, 11) is -3.90. The fourth-order valence-electron chi connectivity index (χ4n) is 3.79. The topological polar surface area (TPSA) is 96.0 Å². The van der Waals surface area contributed by atoms with E-state index < -0.39 is 45.8 Å². The molecule has 0 heterocycles. The zero-order chi connectivity index (χ0) is 28.8. The van der Waals surface area contributed by atoms with E-state index >= 15 is 0 Å². The van der Waals surface area contributed by atoms with Crippen LogP contribution >= 0.6 is 0 Å². The largest absolute Gasteiger partial charge is 0.457 e. The number of rotatable bonds is 10. The van der Waals surface area contributed by atoms with Gasteiger partial charge in [-0.3, -0.25) is 13.9 Å². The minimum atomic E-state index is -3.90. The van der Waals surface area contributed by atoms with Crippen molar-refractivity contribution in [1.29, 1.82) is 0 Å². The second-order valence-electron chi connectivity index (χ2n) is 10.2. The van der Waals surface area contributed by atoms with Crippen molar-refractivity contribution in [3.63, 3.8) is 0 Å². The summed E-state index contributed by atoms with van der Waals surface area (Å²) in [5, 5.41) is 2.82. The number of para-hydroxylation sites is 1. The fourth-order valence-corrected chi connectivity index (χ4v) is 4.64. The van der Waals surface area contributed by atoms with E-state index in [-0.39, 0.29) is 17.8 Å². The number of sulfonamides is 1. The van der Waals surface area contributed by atoms with Gasteiger partial charge in [-0.15, -0.1) is 0 Å². The van der Waals surface area contributed by atoms with Crippen LogP contribution in [-0.2, 0) is 26.2 Å². The van der Waals surface area contributed by atoms with E-state index in [4.69, 9.17) is 4.74 Å². The van der Waals surface area contributed by atoms with Crippen molar-refractivity contribution in [2.24, 2.45) is 0 Å². The predicted octanol–water partition coefficient (Wildman–Crippen LogP) is 4.72. The van der Waals surface area contributed by atoms with Crippen LogP contribution in [0.3, 0.4) is 0 Å². The summed E-state index contributed by atoms with van der Waals surface area (Å²) in [6.45, 7) is 6.14. The first-order chi connectivity index (χ1) is 18.2. The number of hydrogen-bond donors (Lipinski definition) is 1. The number of carbonyl (C=O) groups is 2. The van der Waals surface area contributed by atoms with Gasteiger partial charge in [-0.1, -0.05) is 36.4 Å². The Morgan fingerprint density at radius 2 is 1.49 bits per heavy atom. The highest BCUT2D eigenvalue weighted by Crippen LogP contribution is 2.26. The lowest BCUT2D eigenvalue weighted by Gasteiger charge is -2.33. The molecule has 0 aromatic heterocycles. The molecule has 0 bridgehead atoms. The summed E-state index contributed by atoms with van der Waals surface area (Å²) in [6, 6.07) is 20.3. The van der Waals surface area contributed by atoms with Crippen LogP contribution in [0.25, 0.3) is 0 Å². The van der Waals surface area contributed by atoms with Crippen LogP contribution in [0.1, 0.15) is 33.3 Å². The standard InChI is InChI=1S/C29H34FN3O5S/c1-21(28(35)31-29(2,3)4)32(19-22-11-9-10-14-26(22)30)27(34)20-33(39(5,36)37)23-15-17-25(18-16-23)38-24-12-7-6-8-13-24/h6-18,21H,19-20H2,1-5H3,(H,31,35). The van der Waals surface area contributed by atoms with Gasteiger partial charge in [-0.25, -0.2) is 12.8 Å². The van der Waals surface area contributed by atoms with Crippen LogP contribution in [-0.4, -0.2) is 49.5 Å². The molecule has 0 spiro atoms. The van der Waals surface area contributed by atoms with Crippen molar-refractivity contribution in [3.8, 4) is 11.5 Å². The number of carbonyl (C=O) groups excluding carboxylic acids is 2. The molecule has 3 rings (SSSR count). The Balaban J connectivity index is 1.88. The molecule has 3 aromatic carbocycles. The van der Waals surface area contributed by atoms with Crippen molar-refractivity contribution in [1.82, 2.24) is 10.2 Å². The molecule has 0 saturated carbocycles. The van der Waals surface area contributed by atoms with Crippen LogP contribution < -0.4 is 14.4 Å². The number of hydrogen-bond acceptors (Lipinski definition) is 5. The van der Waals surface area contributed by atoms with Crippen LogP contribution in [0, 0.1) is 5.82 Å². The summed E-state index contributed by atoms with van der Waals surface area (Å²) >= 11 is 0. The summed E-state index contributed by atoms with van der Waals surface area (Å²) < 4.78 is 46.7. The number of ether oxygens (including phenoxy) is 1. The van der Waals surface area contributed by atoms with Gasteiger partial charge in [0.2, 0.25) is 21.8 Å². The van der Waals surface area contributed by atoms with Gasteiger partial charge in [0.05, 0.1) is 11.9 Å². The Bertz CT molecular complexity index is 1390. The molecular formula is C29H34FN3O5S. The van der Waals surface area contributed by atoms with Crippen molar-refractivity contribution >= 4 is 27.5 Å². The van der Waals surface area contributed by atoms with E-state index in [0.29, 0.717) is 11.5 Å². The van der Waals surface area contributed by atoms with Crippen LogP contribution in [0.5, 0.6) is 11.5 Å². The highest BCUT2D eigenvalue weighted by Gasteiger charge is 2.31. The van der Waals surface area contributed by atoms with Gasteiger partial charge in [0, 0.05) is 17.6 Å². The summed E-state index contributed by atoms with van der Waals surface area (Å²) in [6.07, 6.45) is 0.992. The first-order valence-electron chi connectivity index (χ1n) is 12.4. The van der Waals surface area contributed by atoms with E-state index in [2.05, 4.69) is 5.32 Å². The highest BCUT2D eigenvalue weighted by atomic mass is 32.2. The second kappa shape index (κ2) is 12.3. The lowest BCUT2D eigenvalue weighted by atomic mass is 10.1. The molecule has 2 amide bonds.